The van der Waals surface area contributed by atoms with Crippen LogP contribution in [0.25, 0.3) is 0 Å². The normalized spacial score (nSPS) is 23.2. The fourth-order valence-corrected chi connectivity index (χ4v) is 2.14. The Morgan fingerprint density at radius 1 is 1.37 bits per heavy atom. The largest absolute Gasteiger partial charge is 0.459 e. The predicted molar refractivity (Wildman–Crippen MR) is 67.6 cm³/mol. The molecule has 2 amide bonds. The Morgan fingerprint density at radius 3 is 2.63 bits per heavy atom. The minimum absolute atomic E-state index is 0.0217. The molecule has 6 heteroatoms. The van der Waals surface area contributed by atoms with Gasteiger partial charge in [0.15, 0.2) is 5.76 Å². The SMILES string of the molecule is C[C@H]1CN(C(=O)CNC(=O)c2ccco2)C[C@H](C)O1. The van der Waals surface area contributed by atoms with Gasteiger partial charge in [0.1, 0.15) is 0 Å². The molecule has 0 radical (unpaired) electrons. The summed E-state index contributed by atoms with van der Waals surface area (Å²) in [7, 11) is 0. The number of hydrogen-bond donors (Lipinski definition) is 1. The van der Waals surface area contributed by atoms with Gasteiger partial charge in [-0.25, -0.2) is 0 Å². The van der Waals surface area contributed by atoms with Crippen LogP contribution in [0.5, 0.6) is 0 Å². The minimum Gasteiger partial charge on any atom is -0.459 e. The van der Waals surface area contributed by atoms with E-state index in [4.69, 9.17) is 9.15 Å². The van der Waals surface area contributed by atoms with Crippen molar-refractivity contribution in [1.29, 1.82) is 0 Å². The zero-order valence-electron chi connectivity index (χ0n) is 11.1. The number of hydrogen-bond acceptors (Lipinski definition) is 4. The third-order valence-electron chi connectivity index (χ3n) is 2.92. The number of rotatable bonds is 3. The molecule has 6 nitrogen and oxygen atoms in total. The quantitative estimate of drug-likeness (QED) is 0.871. The number of nitrogens with one attached hydrogen (secondary N) is 1. The second-order valence-corrected chi connectivity index (χ2v) is 4.72. The van der Waals surface area contributed by atoms with Gasteiger partial charge in [-0.1, -0.05) is 0 Å². The fourth-order valence-electron chi connectivity index (χ4n) is 2.14. The number of nitrogens with zero attached hydrogens (tertiary/aromatic N) is 1. The van der Waals surface area contributed by atoms with Crippen molar-refractivity contribution in [2.45, 2.75) is 26.1 Å². The first-order valence-electron chi connectivity index (χ1n) is 6.31. The van der Waals surface area contributed by atoms with Crippen LogP contribution < -0.4 is 5.32 Å². The first kappa shape index (κ1) is 13.6. The van der Waals surface area contributed by atoms with Crippen LogP contribution in [0.1, 0.15) is 24.4 Å². The van der Waals surface area contributed by atoms with Crippen molar-refractivity contribution >= 4 is 11.8 Å². The third kappa shape index (κ3) is 3.57. The van der Waals surface area contributed by atoms with E-state index in [1.165, 1.54) is 6.26 Å². The third-order valence-corrected chi connectivity index (χ3v) is 2.92. The number of morpholine rings is 1. The van der Waals surface area contributed by atoms with Crippen molar-refractivity contribution in [2.24, 2.45) is 0 Å². The Morgan fingerprint density at radius 2 is 2.05 bits per heavy atom. The lowest BCUT2D eigenvalue weighted by atomic mass is 10.2. The molecule has 0 aliphatic carbocycles. The molecule has 1 aromatic rings. The van der Waals surface area contributed by atoms with Gasteiger partial charge in [0.25, 0.3) is 5.91 Å². The predicted octanol–water partition coefficient (Wildman–Crippen LogP) is 0.645. The summed E-state index contributed by atoms with van der Waals surface area (Å²) >= 11 is 0. The number of furan rings is 1. The number of carbonyl (C=O) groups is 2. The summed E-state index contributed by atoms with van der Waals surface area (Å²) in [6.45, 7) is 4.94. The summed E-state index contributed by atoms with van der Waals surface area (Å²) in [5.41, 5.74) is 0. The van der Waals surface area contributed by atoms with Gasteiger partial charge >= 0.3 is 0 Å². The van der Waals surface area contributed by atoms with E-state index in [1.54, 1.807) is 17.0 Å². The molecule has 1 fully saturated rings. The molecule has 19 heavy (non-hydrogen) atoms. The van der Waals surface area contributed by atoms with Crippen LogP contribution in [0.3, 0.4) is 0 Å². The molecule has 1 saturated heterocycles. The second kappa shape index (κ2) is 5.88. The van der Waals surface area contributed by atoms with Gasteiger partial charge < -0.3 is 19.4 Å². The number of carbonyl (C=O) groups excluding carboxylic acids is 2. The Labute approximate surface area is 111 Å². The maximum atomic E-state index is 12.0. The highest BCUT2D eigenvalue weighted by molar-refractivity contribution is 5.94. The van der Waals surface area contributed by atoms with Crippen LogP contribution in [-0.2, 0) is 9.53 Å². The Kier molecular flexibility index (Phi) is 4.21. The zero-order valence-corrected chi connectivity index (χ0v) is 11.1. The highest BCUT2D eigenvalue weighted by Gasteiger charge is 2.25. The van der Waals surface area contributed by atoms with Crippen molar-refractivity contribution in [2.75, 3.05) is 19.6 Å². The molecule has 0 unspecified atom stereocenters. The summed E-state index contributed by atoms with van der Waals surface area (Å²) in [6.07, 6.45) is 1.46. The average Bonchev–Trinajstić information content (AvgIpc) is 2.88. The van der Waals surface area contributed by atoms with Crippen molar-refractivity contribution in [3.8, 4) is 0 Å². The summed E-state index contributed by atoms with van der Waals surface area (Å²) in [6, 6.07) is 3.18. The zero-order chi connectivity index (χ0) is 13.8. The van der Waals surface area contributed by atoms with Gasteiger partial charge in [-0.3, -0.25) is 9.59 Å². The second-order valence-electron chi connectivity index (χ2n) is 4.72. The van der Waals surface area contributed by atoms with Gasteiger partial charge in [0.2, 0.25) is 5.91 Å². The first-order valence-corrected chi connectivity index (χ1v) is 6.31. The molecular formula is C13H18N2O4. The highest BCUT2D eigenvalue weighted by Crippen LogP contribution is 2.10. The van der Waals surface area contributed by atoms with E-state index in [0.717, 1.165) is 0 Å². The molecule has 1 aliphatic heterocycles. The van der Waals surface area contributed by atoms with Crippen LogP contribution >= 0.6 is 0 Å². The van der Waals surface area contributed by atoms with Gasteiger partial charge in [-0.2, -0.15) is 0 Å². The Hall–Kier alpha value is -1.82. The molecule has 2 heterocycles. The van der Waals surface area contributed by atoms with Crippen LogP contribution in [0.2, 0.25) is 0 Å². The van der Waals surface area contributed by atoms with E-state index < -0.39 is 0 Å². The van der Waals surface area contributed by atoms with E-state index in [9.17, 15) is 9.59 Å². The molecule has 2 atom stereocenters. The van der Waals surface area contributed by atoms with Crippen molar-refractivity contribution in [3.05, 3.63) is 24.2 Å². The average molecular weight is 266 g/mol. The first-order chi connectivity index (χ1) is 9.06. The maximum absolute atomic E-state index is 12.0. The lowest BCUT2D eigenvalue weighted by molar-refractivity contribution is -0.142. The molecule has 0 bridgehead atoms. The van der Waals surface area contributed by atoms with Crippen LogP contribution in [0.15, 0.2) is 22.8 Å². The van der Waals surface area contributed by atoms with Gasteiger partial charge in [0.05, 0.1) is 25.0 Å². The number of ether oxygens (including phenoxy) is 1. The Balaban J connectivity index is 1.82. The van der Waals surface area contributed by atoms with Crippen molar-refractivity contribution in [3.63, 3.8) is 0 Å². The van der Waals surface area contributed by atoms with Crippen LogP contribution in [0.4, 0.5) is 0 Å². The van der Waals surface area contributed by atoms with Crippen LogP contribution in [-0.4, -0.2) is 48.6 Å². The summed E-state index contributed by atoms with van der Waals surface area (Å²) < 4.78 is 10.5. The van der Waals surface area contributed by atoms with E-state index in [1.807, 2.05) is 13.8 Å². The van der Waals surface area contributed by atoms with E-state index in [2.05, 4.69) is 5.32 Å². The van der Waals surface area contributed by atoms with Crippen molar-refractivity contribution in [1.82, 2.24) is 10.2 Å². The smallest absolute Gasteiger partial charge is 0.287 e. The summed E-state index contributed by atoms with van der Waals surface area (Å²) in [4.78, 5) is 25.3. The topological polar surface area (TPSA) is 71.8 Å². The molecular weight excluding hydrogens is 248 g/mol. The maximum Gasteiger partial charge on any atom is 0.287 e. The molecule has 104 valence electrons. The minimum atomic E-state index is -0.382. The lowest BCUT2D eigenvalue weighted by Gasteiger charge is -2.35. The lowest BCUT2D eigenvalue weighted by Crippen LogP contribution is -2.51. The molecule has 0 aromatic carbocycles. The van der Waals surface area contributed by atoms with Crippen molar-refractivity contribution < 1.29 is 18.7 Å². The summed E-state index contributed by atoms with van der Waals surface area (Å²) in [5, 5.41) is 2.55. The molecule has 1 N–H and O–H groups in total. The van der Waals surface area contributed by atoms with E-state index >= 15 is 0 Å². The number of amides is 2. The van der Waals surface area contributed by atoms with Gasteiger partial charge in [-0.05, 0) is 26.0 Å². The standard InChI is InChI=1S/C13H18N2O4/c1-9-7-15(8-10(2)19-9)12(16)6-14-13(17)11-4-3-5-18-11/h3-5,9-10H,6-8H2,1-2H3,(H,14,17)/t9-,10-/m0/s1. The molecule has 1 aliphatic rings. The van der Waals surface area contributed by atoms with Gasteiger partial charge in [-0.15, -0.1) is 0 Å². The summed E-state index contributed by atoms with van der Waals surface area (Å²) in [5.74, 6) is -0.286. The van der Waals surface area contributed by atoms with E-state index in [-0.39, 0.29) is 36.3 Å². The molecule has 1 aromatic heterocycles. The Bertz CT molecular complexity index is 434. The van der Waals surface area contributed by atoms with Crippen LogP contribution in [0, 0.1) is 0 Å². The van der Waals surface area contributed by atoms with Gasteiger partial charge in [0, 0.05) is 13.1 Å². The highest BCUT2D eigenvalue weighted by atomic mass is 16.5. The van der Waals surface area contributed by atoms with E-state index in [0.29, 0.717) is 13.1 Å². The monoisotopic (exact) mass is 266 g/mol. The molecule has 0 saturated carbocycles. The molecule has 2 rings (SSSR count). The fraction of sp³-hybridized carbons (Fsp3) is 0.538. The molecule has 0 spiro atoms.